The van der Waals surface area contributed by atoms with Gasteiger partial charge in [-0.2, -0.15) is 0 Å². The third-order valence-electron chi connectivity index (χ3n) is 4.35. The topological polar surface area (TPSA) is 92.5 Å². The van der Waals surface area contributed by atoms with Crippen molar-refractivity contribution in [1.29, 1.82) is 0 Å². The monoisotopic (exact) mass is 405 g/mol. The molecule has 0 saturated heterocycles. The summed E-state index contributed by atoms with van der Waals surface area (Å²) in [7, 11) is 0. The van der Waals surface area contributed by atoms with E-state index >= 15 is 0 Å². The number of nitrogens with zero attached hydrogens (tertiary/aromatic N) is 1. The SMILES string of the molecule is CC(C)C(C(=O)Nc1cc(Cl)c(N)c(Cl)c1)N1C(=O)c2ccccc2C1=O. The van der Waals surface area contributed by atoms with Crippen LogP contribution >= 0.6 is 23.2 Å². The van der Waals surface area contributed by atoms with Gasteiger partial charge in [-0.15, -0.1) is 0 Å². The van der Waals surface area contributed by atoms with Crippen molar-refractivity contribution in [3.63, 3.8) is 0 Å². The lowest BCUT2D eigenvalue weighted by Crippen LogP contribution is -2.50. The van der Waals surface area contributed by atoms with Gasteiger partial charge in [-0.1, -0.05) is 49.2 Å². The molecule has 0 aromatic heterocycles. The third kappa shape index (κ3) is 3.38. The van der Waals surface area contributed by atoms with Crippen molar-refractivity contribution >= 4 is 52.3 Å². The van der Waals surface area contributed by atoms with Crippen LogP contribution in [0.15, 0.2) is 36.4 Å². The first-order chi connectivity index (χ1) is 12.7. The van der Waals surface area contributed by atoms with Gasteiger partial charge in [0.2, 0.25) is 5.91 Å². The summed E-state index contributed by atoms with van der Waals surface area (Å²) in [5.74, 6) is -1.81. The number of hydrogen-bond acceptors (Lipinski definition) is 4. The van der Waals surface area contributed by atoms with E-state index in [-0.39, 0.29) is 21.7 Å². The number of halogens is 2. The number of carbonyl (C=O) groups excluding carboxylic acids is 3. The lowest BCUT2D eigenvalue weighted by Gasteiger charge is -2.28. The molecule has 3 N–H and O–H groups in total. The summed E-state index contributed by atoms with van der Waals surface area (Å²) in [6, 6.07) is 8.43. The molecule has 0 aliphatic carbocycles. The maximum absolute atomic E-state index is 12.9. The molecule has 1 aliphatic heterocycles. The fraction of sp³-hybridized carbons (Fsp3) is 0.211. The molecule has 0 fully saturated rings. The van der Waals surface area contributed by atoms with E-state index in [9.17, 15) is 14.4 Å². The van der Waals surface area contributed by atoms with Gasteiger partial charge in [0.1, 0.15) is 6.04 Å². The third-order valence-corrected chi connectivity index (χ3v) is 4.98. The van der Waals surface area contributed by atoms with Crippen LogP contribution in [0, 0.1) is 5.92 Å². The maximum atomic E-state index is 12.9. The van der Waals surface area contributed by atoms with E-state index in [1.807, 2.05) is 0 Å². The molecule has 0 bridgehead atoms. The van der Waals surface area contributed by atoms with Gasteiger partial charge in [-0.3, -0.25) is 19.3 Å². The molecule has 1 unspecified atom stereocenters. The molecule has 2 aromatic carbocycles. The van der Waals surface area contributed by atoms with Gasteiger partial charge in [-0.05, 0) is 30.2 Å². The van der Waals surface area contributed by atoms with Crippen molar-refractivity contribution in [3.05, 3.63) is 57.6 Å². The first kappa shape index (κ1) is 19.2. The molecule has 140 valence electrons. The Morgan fingerprint density at radius 1 is 1.04 bits per heavy atom. The molecular weight excluding hydrogens is 389 g/mol. The van der Waals surface area contributed by atoms with Gasteiger partial charge < -0.3 is 11.1 Å². The smallest absolute Gasteiger partial charge is 0.262 e. The second-order valence-corrected chi connectivity index (χ2v) is 7.37. The van der Waals surface area contributed by atoms with E-state index in [0.29, 0.717) is 16.8 Å². The summed E-state index contributed by atoms with van der Waals surface area (Å²) in [4.78, 5) is 39.4. The van der Waals surface area contributed by atoms with Crippen molar-refractivity contribution in [3.8, 4) is 0 Å². The number of hydrogen-bond donors (Lipinski definition) is 2. The van der Waals surface area contributed by atoms with Gasteiger partial charge in [-0.25, -0.2) is 0 Å². The zero-order valence-corrected chi connectivity index (χ0v) is 16.1. The van der Waals surface area contributed by atoms with E-state index in [1.54, 1.807) is 38.1 Å². The Kier molecular flexibility index (Phi) is 5.13. The number of rotatable bonds is 4. The predicted octanol–water partition coefficient (Wildman–Crippen LogP) is 3.83. The van der Waals surface area contributed by atoms with Gasteiger partial charge >= 0.3 is 0 Å². The van der Waals surface area contributed by atoms with E-state index in [4.69, 9.17) is 28.9 Å². The minimum Gasteiger partial charge on any atom is -0.396 e. The molecule has 1 heterocycles. The van der Waals surface area contributed by atoms with Crippen LogP contribution in [0.5, 0.6) is 0 Å². The van der Waals surface area contributed by atoms with Crippen LogP contribution in [0.2, 0.25) is 10.0 Å². The number of nitrogens with two attached hydrogens (primary N) is 1. The summed E-state index contributed by atoms with van der Waals surface area (Å²) in [5, 5.41) is 3.06. The largest absolute Gasteiger partial charge is 0.396 e. The summed E-state index contributed by atoms with van der Waals surface area (Å²) in [6.07, 6.45) is 0. The fourth-order valence-electron chi connectivity index (χ4n) is 3.05. The predicted molar refractivity (Wildman–Crippen MR) is 105 cm³/mol. The molecule has 3 rings (SSSR count). The maximum Gasteiger partial charge on any atom is 0.262 e. The highest BCUT2D eigenvalue weighted by atomic mass is 35.5. The minimum absolute atomic E-state index is 0.194. The first-order valence-corrected chi connectivity index (χ1v) is 9.00. The van der Waals surface area contributed by atoms with E-state index in [2.05, 4.69) is 5.32 Å². The highest BCUT2D eigenvalue weighted by Crippen LogP contribution is 2.32. The molecule has 8 heteroatoms. The molecule has 0 saturated carbocycles. The minimum atomic E-state index is -0.993. The number of benzene rings is 2. The van der Waals surface area contributed by atoms with Crippen molar-refractivity contribution in [2.75, 3.05) is 11.1 Å². The average Bonchev–Trinajstić information content (AvgIpc) is 2.85. The van der Waals surface area contributed by atoms with Crippen LogP contribution in [0.3, 0.4) is 0 Å². The summed E-state index contributed by atoms with van der Waals surface area (Å²) in [6.45, 7) is 3.52. The molecule has 6 nitrogen and oxygen atoms in total. The highest BCUT2D eigenvalue weighted by molar-refractivity contribution is 6.39. The molecular formula is C19H17Cl2N3O3. The van der Waals surface area contributed by atoms with Crippen LogP contribution < -0.4 is 11.1 Å². The number of carbonyl (C=O) groups is 3. The first-order valence-electron chi connectivity index (χ1n) is 8.24. The Hall–Kier alpha value is -2.57. The van der Waals surface area contributed by atoms with Crippen molar-refractivity contribution < 1.29 is 14.4 Å². The zero-order chi connectivity index (χ0) is 19.9. The lowest BCUT2D eigenvalue weighted by atomic mass is 10.0. The van der Waals surface area contributed by atoms with Gasteiger partial charge in [0.05, 0.1) is 26.9 Å². The Balaban J connectivity index is 1.92. The van der Waals surface area contributed by atoms with Crippen molar-refractivity contribution in [1.82, 2.24) is 4.90 Å². The van der Waals surface area contributed by atoms with Crippen LogP contribution in [0.4, 0.5) is 11.4 Å². The summed E-state index contributed by atoms with van der Waals surface area (Å²) >= 11 is 12.0. The van der Waals surface area contributed by atoms with Crippen LogP contribution in [0.1, 0.15) is 34.6 Å². The quantitative estimate of drug-likeness (QED) is 0.596. The number of nitrogen functional groups attached to an aromatic ring is 1. The summed E-state index contributed by atoms with van der Waals surface area (Å²) in [5.41, 5.74) is 6.81. The Morgan fingerprint density at radius 2 is 1.52 bits per heavy atom. The number of imide groups is 1. The van der Waals surface area contributed by atoms with Gasteiger partial charge in [0, 0.05) is 5.69 Å². The molecule has 1 atom stereocenters. The number of nitrogens with one attached hydrogen (secondary N) is 1. The molecule has 1 aliphatic rings. The molecule has 2 aromatic rings. The van der Waals surface area contributed by atoms with Gasteiger partial charge in [0.15, 0.2) is 0 Å². The van der Waals surface area contributed by atoms with Crippen LogP contribution in [-0.2, 0) is 4.79 Å². The van der Waals surface area contributed by atoms with Gasteiger partial charge in [0.25, 0.3) is 11.8 Å². The Bertz CT molecular complexity index is 901. The molecule has 3 amide bonds. The highest BCUT2D eigenvalue weighted by Gasteiger charge is 2.43. The standard InChI is InChI=1S/C19H17Cl2N3O3/c1-9(2)16(17(25)23-10-7-13(20)15(22)14(21)8-10)24-18(26)11-5-3-4-6-12(11)19(24)27/h3-9,16H,22H2,1-2H3,(H,23,25). The molecule has 0 radical (unpaired) electrons. The summed E-state index contributed by atoms with van der Waals surface area (Å²) < 4.78 is 0. The lowest BCUT2D eigenvalue weighted by molar-refractivity contribution is -0.121. The van der Waals surface area contributed by atoms with Crippen LogP contribution in [0.25, 0.3) is 0 Å². The zero-order valence-electron chi connectivity index (χ0n) is 14.6. The normalized spacial score (nSPS) is 14.5. The fourth-order valence-corrected chi connectivity index (χ4v) is 3.54. The van der Waals surface area contributed by atoms with Crippen LogP contribution in [-0.4, -0.2) is 28.7 Å². The number of anilines is 2. The average molecular weight is 406 g/mol. The van der Waals surface area contributed by atoms with Crippen molar-refractivity contribution in [2.45, 2.75) is 19.9 Å². The second kappa shape index (κ2) is 7.21. The molecule has 0 spiro atoms. The number of amides is 3. The number of fused-ring (bicyclic) bond motifs is 1. The second-order valence-electron chi connectivity index (χ2n) is 6.56. The Labute approximate surface area is 166 Å². The van der Waals surface area contributed by atoms with E-state index in [0.717, 1.165) is 4.90 Å². The van der Waals surface area contributed by atoms with E-state index in [1.165, 1.54) is 12.1 Å². The van der Waals surface area contributed by atoms with E-state index < -0.39 is 23.8 Å². The van der Waals surface area contributed by atoms with Crippen molar-refractivity contribution in [2.24, 2.45) is 5.92 Å². The Morgan fingerprint density at radius 3 is 1.96 bits per heavy atom. The molecule has 27 heavy (non-hydrogen) atoms.